The van der Waals surface area contributed by atoms with Crippen LogP contribution in [0.25, 0.3) is 0 Å². The summed E-state index contributed by atoms with van der Waals surface area (Å²) in [6.45, 7) is 2.21. The minimum Gasteiger partial charge on any atom is -0.466 e. The molecule has 0 heterocycles. The van der Waals surface area contributed by atoms with Crippen molar-refractivity contribution in [3.63, 3.8) is 0 Å². The molecule has 0 saturated heterocycles. The van der Waals surface area contributed by atoms with Gasteiger partial charge in [-0.25, -0.2) is 0 Å². The Balaban J connectivity index is 0.00000264. The molecule has 2 rings (SSSR count). The molecule has 0 aromatic heterocycles. The molecular formula is C16H22Cl2N2O3. The second-order valence-corrected chi connectivity index (χ2v) is 5.92. The largest absolute Gasteiger partial charge is 0.466 e. The van der Waals surface area contributed by atoms with E-state index in [9.17, 15) is 9.59 Å². The number of nitrogens with one attached hydrogen (secondary N) is 1. The number of carbonyl (C=O) groups excluding carboxylic acids is 2. The van der Waals surface area contributed by atoms with Crippen molar-refractivity contribution in [2.75, 3.05) is 12.3 Å². The summed E-state index contributed by atoms with van der Waals surface area (Å²) >= 11 is 6.04. The van der Waals surface area contributed by atoms with Crippen LogP contribution in [0, 0.1) is 5.92 Å². The number of amides is 1. The van der Waals surface area contributed by atoms with E-state index in [1.165, 1.54) is 0 Å². The Labute approximate surface area is 147 Å². The van der Waals surface area contributed by atoms with Gasteiger partial charge in [-0.2, -0.15) is 0 Å². The van der Waals surface area contributed by atoms with Crippen molar-refractivity contribution in [2.45, 2.75) is 38.6 Å². The Hall–Kier alpha value is -1.46. The first-order valence-corrected chi connectivity index (χ1v) is 7.91. The Morgan fingerprint density at radius 3 is 2.52 bits per heavy atom. The summed E-state index contributed by atoms with van der Waals surface area (Å²) in [7, 11) is 0. The van der Waals surface area contributed by atoms with E-state index < -0.39 is 0 Å². The maximum Gasteiger partial charge on any atom is 0.308 e. The molecule has 7 heteroatoms. The van der Waals surface area contributed by atoms with Crippen molar-refractivity contribution in [2.24, 2.45) is 5.92 Å². The van der Waals surface area contributed by atoms with Gasteiger partial charge in [0.25, 0.3) is 5.91 Å². The van der Waals surface area contributed by atoms with Crippen LogP contribution in [0.1, 0.15) is 43.0 Å². The predicted octanol–water partition coefficient (Wildman–Crippen LogP) is 3.20. The van der Waals surface area contributed by atoms with Gasteiger partial charge in [-0.1, -0.05) is 11.6 Å². The third kappa shape index (κ3) is 5.29. The molecule has 0 bridgehead atoms. The molecule has 1 amide bonds. The predicted molar refractivity (Wildman–Crippen MR) is 93.0 cm³/mol. The molecule has 0 atom stereocenters. The summed E-state index contributed by atoms with van der Waals surface area (Å²) in [6, 6.07) is 4.90. The van der Waals surface area contributed by atoms with Gasteiger partial charge in [-0.05, 0) is 50.8 Å². The summed E-state index contributed by atoms with van der Waals surface area (Å²) in [6.07, 6.45) is 3.00. The van der Waals surface area contributed by atoms with Gasteiger partial charge in [0.1, 0.15) is 0 Å². The Morgan fingerprint density at radius 2 is 1.96 bits per heavy atom. The average Bonchev–Trinajstić information content (AvgIpc) is 2.48. The van der Waals surface area contributed by atoms with Crippen LogP contribution < -0.4 is 11.1 Å². The highest BCUT2D eigenvalue weighted by atomic mass is 35.5. The van der Waals surface area contributed by atoms with Gasteiger partial charge in [-0.15, -0.1) is 12.4 Å². The lowest BCUT2D eigenvalue weighted by Gasteiger charge is -2.28. The van der Waals surface area contributed by atoms with Crippen LogP contribution in [0.4, 0.5) is 5.69 Å². The number of ether oxygens (including phenoxy) is 1. The summed E-state index contributed by atoms with van der Waals surface area (Å²) in [5, 5.41) is 3.32. The molecule has 128 valence electrons. The number of anilines is 1. The molecule has 1 aliphatic carbocycles. The lowest BCUT2D eigenvalue weighted by atomic mass is 9.86. The number of carbonyl (C=O) groups is 2. The van der Waals surface area contributed by atoms with E-state index in [1.807, 2.05) is 0 Å². The zero-order valence-corrected chi connectivity index (χ0v) is 14.6. The molecule has 5 nitrogen and oxygen atoms in total. The van der Waals surface area contributed by atoms with Crippen LogP contribution in [0.3, 0.4) is 0 Å². The van der Waals surface area contributed by atoms with Crippen molar-refractivity contribution in [3.8, 4) is 0 Å². The molecule has 3 N–H and O–H groups in total. The maximum absolute atomic E-state index is 12.2. The summed E-state index contributed by atoms with van der Waals surface area (Å²) in [5.41, 5.74) is 6.56. The topological polar surface area (TPSA) is 81.4 Å². The minimum atomic E-state index is -0.204. The van der Waals surface area contributed by atoms with Crippen molar-refractivity contribution < 1.29 is 14.3 Å². The fourth-order valence-corrected chi connectivity index (χ4v) is 2.99. The molecule has 0 radical (unpaired) electrons. The van der Waals surface area contributed by atoms with Gasteiger partial charge in [0.15, 0.2) is 0 Å². The molecular weight excluding hydrogens is 339 g/mol. The third-order valence-corrected chi connectivity index (χ3v) is 4.23. The van der Waals surface area contributed by atoms with E-state index in [-0.39, 0.29) is 36.2 Å². The van der Waals surface area contributed by atoms with E-state index in [0.717, 1.165) is 25.7 Å². The van der Waals surface area contributed by atoms with Gasteiger partial charge in [0.2, 0.25) is 0 Å². The summed E-state index contributed by atoms with van der Waals surface area (Å²) in [4.78, 5) is 23.9. The van der Waals surface area contributed by atoms with Gasteiger partial charge in [0, 0.05) is 11.7 Å². The molecule has 23 heavy (non-hydrogen) atoms. The minimum absolute atomic E-state index is 0. The van der Waals surface area contributed by atoms with Crippen LogP contribution in [-0.4, -0.2) is 24.5 Å². The first-order valence-electron chi connectivity index (χ1n) is 7.53. The fourth-order valence-electron chi connectivity index (χ4n) is 2.71. The molecule has 1 aromatic carbocycles. The van der Waals surface area contributed by atoms with E-state index in [0.29, 0.717) is 22.9 Å². The Kier molecular flexibility index (Phi) is 7.65. The van der Waals surface area contributed by atoms with Gasteiger partial charge in [-0.3, -0.25) is 9.59 Å². The van der Waals surface area contributed by atoms with Crippen molar-refractivity contribution in [1.82, 2.24) is 5.32 Å². The number of rotatable bonds is 4. The summed E-state index contributed by atoms with van der Waals surface area (Å²) < 4.78 is 5.04. The Bertz CT molecular complexity index is 558. The highest BCUT2D eigenvalue weighted by molar-refractivity contribution is 6.34. The van der Waals surface area contributed by atoms with Crippen LogP contribution in [0.15, 0.2) is 18.2 Å². The van der Waals surface area contributed by atoms with Gasteiger partial charge >= 0.3 is 5.97 Å². The maximum atomic E-state index is 12.2. The molecule has 1 saturated carbocycles. The number of nitrogens with two attached hydrogens (primary N) is 1. The van der Waals surface area contributed by atoms with Crippen LogP contribution >= 0.6 is 24.0 Å². The summed E-state index contributed by atoms with van der Waals surface area (Å²) in [5.74, 6) is -0.383. The standard InChI is InChI=1S/C16H21ClN2O3.ClH/c1-2-22-16(21)10-3-6-12(7-4-10)19-15(20)13-8-5-11(18)9-14(13)17;/h5,8-10,12H,2-4,6-7,18H2,1H3,(H,19,20);1H. The highest BCUT2D eigenvalue weighted by Gasteiger charge is 2.28. The number of esters is 1. The van der Waals surface area contributed by atoms with Crippen LogP contribution in [0.2, 0.25) is 5.02 Å². The molecule has 0 unspecified atom stereocenters. The zero-order chi connectivity index (χ0) is 16.1. The molecule has 1 aliphatic rings. The van der Waals surface area contributed by atoms with Crippen molar-refractivity contribution in [3.05, 3.63) is 28.8 Å². The van der Waals surface area contributed by atoms with Crippen LogP contribution in [-0.2, 0) is 9.53 Å². The van der Waals surface area contributed by atoms with E-state index >= 15 is 0 Å². The second-order valence-electron chi connectivity index (χ2n) is 5.51. The number of benzene rings is 1. The smallest absolute Gasteiger partial charge is 0.308 e. The third-order valence-electron chi connectivity index (χ3n) is 3.92. The monoisotopic (exact) mass is 360 g/mol. The lowest BCUT2D eigenvalue weighted by molar-refractivity contribution is -0.149. The average molecular weight is 361 g/mol. The molecule has 0 spiro atoms. The number of hydrogen-bond donors (Lipinski definition) is 2. The van der Waals surface area contributed by atoms with E-state index in [4.69, 9.17) is 22.1 Å². The first-order chi connectivity index (χ1) is 10.5. The van der Waals surface area contributed by atoms with Gasteiger partial charge < -0.3 is 15.8 Å². The second kappa shape index (κ2) is 8.99. The van der Waals surface area contributed by atoms with E-state index in [1.54, 1.807) is 25.1 Å². The zero-order valence-electron chi connectivity index (χ0n) is 13.0. The van der Waals surface area contributed by atoms with Crippen molar-refractivity contribution in [1.29, 1.82) is 0 Å². The number of nitrogen functional groups attached to an aromatic ring is 1. The van der Waals surface area contributed by atoms with Crippen molar-refractivity contribution >= 4 is 41.6 Å². The Morgan fingerprint density at radius 1 is 1.30 bits per heavy atom. The van der Waals surface area contributed by atoms with Crippen LogP contribution in [0.5, 0.6) is 0 Å². The normalized spacial score (nSPS) is 20.3. The number of halogens is 2. The lowest BCUT2D eigenvalue weighted by Crippen LogP contribution is -2.39. The molecule has 1 aromatic rings. The highest BCUT2D eigenvalue weighted by Crippen LogP contribution is 2.26. The molecule has 1 fully saturated rings. The first kappa shape index (κ1) is 19.6. The molecule has 0 aliphatic heterocycles. The fraction of sp³-hybridized carbons (Fsp3) is 0.500. The number of hydrogen-bond acceptors (Lipinski definition) is 4. The quantitative estimate of drug-likeness (QED) is 0.637. The van der Waals surface area contributed by atoms with E-state index in [2.05, 4.69) is 5.32 Å². The van der Waals surface area contributed by atoms with Gasteiger partial charge in [0.05, 0.1) is 23.1 Å². The SMILES string of the molecule is CCOC(=O)C1CCC(NC(=O)c2ccc(N)cc2Cl)CC1.Cl.